The first-order valence-electron chi connectivity index (χ1n) is 6.81. The first-order chi connectivity index (χ1) is 10.8. The average Bonchev–Trinajstić information content (AvgIpc) is 2.53. The van der Waals surface area contributed by atoms with Crippen molar-refractivity contribution in [2.24, 2.45) is 0 Å². The minimum atomic E-state index is -3.70. The predicted molar refractivity (Wildman–Crippen MR) is 86.3 cm³/mol. The van der Waals surface area contributed by atoms with Gasteiger partial charge in [0.1, 0.15) is 5.75 Å². The Morgan fingerprint density at radius 3 is 2.39 bits per heavy atom. The number of rotatable bonds is 6. The number of para-hydroxylation sites is 1. The molecule has 0 radical (unpaired) electrons. The molecule has 0 aliphatic carbocycles. The standard InChI is InChI=1S/C16H17NO5S/c1-12-10-14(8-9-15(12)22-11-16(18)19)23(20,21)17(2)13-6-4-3-5-7-13/h3-10H,11H2,1-2H3,(H,18,19). The van der Waals surface area contributed by atoms with Gasteiger partial charge in [0.05, 0.1) is 10.6 Å². The minimum absolute atomic E-state index is 0.115. The molecule has 23 heavy (non-hydrogen) atoms. The molecule has 0 unspecified atom stereocenters. The van der Waals surface area contributed by atoms with Gasteiger partial charge in [-0.15, -0.1) is 0 Å². The van der Waals surface area contributed by atoms with Gasteiger partial charge < -0.3 is 9.84 Å². The maximum Gasteiger partial charge on any atom is 0.341 e. The van der Waals surface area contributed by atoms with Gasteiger partial charge in [-0.1, -0.05) is 18.2 Å². The van der Waals surface area contributed by atoms with Crippen LogP contribution in [0.4, 0.5) is 5.69 Å². The van der Waals surface area contributed by atoms with E-state index in [9.17, 15) is 13.2 Å². The van der Waals surface area contributed by atoms with Gasteiger partial charge in [0, 0.05) is 7.05 Å². The first-order valence-corrected chi connectivity index (χ1v) is 8.25. The number of carboxylic acid groups (broad SMARTS) is 1. The number of carboxylic acids is 1. The van der Waals surface area contributed by atoms with Crippen molar-refractivity contribution in [2.75, 3.05) is 18.0 Å². The molecule has 6 nitrogen and oxygen atoms in total. The molecule has 0 aromatic heterocycles. The maximum atomic E-state index is 12.7. The molecular formula is C16H17NO5S. The Hall–Kier alpha value is -2.54. The Bertz CT molecular complexity index is 802. The van der Waals surface area contributed by atoms with Crippen molar-refractivity contribution in [3.8, 4) is 5.75 Å². The molecule has 122 valence electrons. The molecular weight excluding hydrogens is 318 g/mol. The number of nitrogens with zero attached hydrogens (tertiary/aromatic N) is 1. The molecule has 2 aromatic carbocycles. The smallest absolute Gasteiger partial charge is 0.341 e. The third kappa shape index (κ3) is 3.81. The fourth-order valence-corrected chi connectivity index (χ4v) is 3.30. The normalized spacial score (nSPS) is 11.0. The van der Waals surface area contributed by atoms with Crippen molar-refractivity contribution >= 4 is 21.7 Å². The number of anilines is 1. The van der Waals surface area contributed by atoms with Crippen LogP contribution in [0.5, 0.6) is 5.75 Å². The Balaban J connectivity index is 2.30. The van der Waals surface area contributed by atoms with Crippen LogP contribution in [0.25, 0.3) is 0 Å². The molecule has 0 aliphatic rings. The zero-order chi connectivity index (χ0) is 17.0. The molecule has 2 rings (SSSR count). The van der Waals surface area contributed by atoms with Crippen LogP contribution in [0, 0.1) is 6.92 Å². The summed E-state index contributed by atoms with van der Waals surface area (Å²) in [6.07, 6.45) is 0. The van der Waals surface area contributed by atoms with Gasteiger partial charge in [-0.3, -0.25) is 4.31 Å². The van der Waals surface area contributed by atoms with Crippen molar-refractivity contribution in [2.45, 2.75) is 11.8 Å². The van der Waals surface area contributed by atoms with Crippen molar-refractivity contribution in [1.29, 1.82) is 0 Å². The second-order valence-electron chi connectivity index (χ2n) is 4.92. The van der Waals surface area contributed by atoms with Gasteiger partial charge >= 0.3 is 5.97 Å². The van der Waals surface area contributed by atoms with E-state index in [1.165, 1.54) is 29.6 Å². The summed E-state index contributed by atoms with van der Waals surface area (Å²) < 4.78 is 31.6. The first kappa shape index (κ1) is 16.8. The van der Waals surface area contributed by atoms with Gasteiger partial charge in [-0.2, -0.15) is 0 Å². The van der Waals surface area contributed by atoms with Gasteiger partial charge in [0.15, 0.2) is 6.61 Å². The van der Waals surface area contributed by atoms with E-state index in [1.54, 1.807) is 31.2 Å². The second-order valence-corrected chi connectivity index (χ2v) is 6.89. The number of sulfonamides is 1. The predicted octanol–water partition coefficient (Wildman–Crippen LogP) is 2.28. The third-order valence-corrected chi connectivity index (χ3v) is 5.06. The minimum Gasteiger partial charge on any atom is -0.482 e. The number of ether oxygens (including phenoxy) is 1. The van der Waals surface area contributed by atoms with Crippen molar-refractivity contribution in [3.05, 3.63) is 54.1 Å². The van der Waals surface area contributed by atoms with Crippen LogP contribution in [0.1, 0.15) is 5.56 Å². The molecule has 7 heteroatoms. The van der Waals surface area contributed by atoms with E-state index in [2.05, 4.69) is 0 Å². The quantitative estimate of drug-likeness (QED) is 0.875. The van der Waals surface area contributed by atoms with E-state index < -0.39 is 22.6 Å². The number of hydrogen-bond acceptors (Lipinski definition) is 4. The van der Waals surface area contributed by atoms with E-state index in [0.717, 1.165) is 0 Å². The molecule has 0 spiro atoms. The highest BCUT2D eigenvalue weighted by molar-refractivity contribution is 7.92. The molecule has 0 bridgehead atoms. The highest BCUT2D eigenvalue weighted by atomic mass is 32.2. The molecule has 0 amide bonds. The molecule has 0 heterocycles. The monoisotopic (exact) mass is 335 g/mol. The summed E-state index contributed by atoms with van der Waals surface area (Å²) in [6.45, 7) is 1.19. The Morgan fingerprint density at radius 2 is 1.83 bits per heavy atom. The maximum absolute atomic E-state index is 12.7. The van der Waals surface area contributed by atoms with Crippen molar-refractivity contribution in [3.63, 3.8) is 0 Å². The van der Waals surface area contributed by atoms with Crippen LogP contribution >= 0.6 is 0 Å². The lowest BCUT2D eigenvalue weighted by Crippen LogP contribution is -2.26. The molecule has 2 aromatic rings. The van der Waals surface area contributed by atoms with Crippen molar-refractivity contribution in [1.82, 2.24) is 0 Å². The van der Waals surface area contributed by atoms with Crippen LogP contribution < -0.4 is 9.04 Å². The van der Waals surface area contributed by atoms with E-state index in [-0.39, 0.29) is 4.90 Å². The SMILES string of the molecule is Cc1cc(S(=O)(=O)N(C)c2ccccc2)ccc1OCC(=O)O. The van der Waals surface area contributed by atoms with Crippen LogP contribution in [-0.4, -0.2) is 33.1 Å². The summed E-state index contributed by atoms with van der Waals surface area (Å²) in [4.78, 5) is 10.6. The number of carbonyl (C=O) groups is 1. The van der Waals surface area contributed by atoms with E-state index in [0.29, 0.717) is 17.0 Å². The number of benzene rings is 2. The summed E-state index contributed by atoms with van der Waals surface area (Å²) in [7, 11) is -2.22. The van der Waals surface area contributed by atoms with E-state index >= 15 is 0 Å². The number of aliphatic carboxylic acids is 1. The lowest BCUT2D eigenvalue weighted by Gasteiger charge is -2.20. The highest BCUT2D eigenvalue weighted by Crippen LogP contribution is 2.26. The Labute approximate surface area is 135 Å². The zero-order valence-corrected chi connectivity index (χ0v) is 13.6. The zero-order valence-electron chi connectivity index (χ0n) is 12.8. The summed E-state index contributed by atoms with van der Waals surface area (Å²) in [5.41, 5.74) is 1.10. The highest BCUT2D eigenvalue weighted by Gasteiger charge is 2.22. The fourth-order valence-electron chi connectivity index (χ4n) is 2.02. The lowest BCUT2D eigenvalue weighted by molar-refractivity contribution is -0.139. The average molecular weight is 335 g/mol. The molecule has 0 aliphatic heterocycles. The fraction of sp³-hybridized carbons (Fsp3) is 0.188. The van der Waals surface area contributed by atoms with Crippen LogP contribution in [-0.2, 0) is 14.8 Å². The third-order valence-electron chi connectivity index (χ3n) is 3.28. The Morgan fingerprint density at radius 1 is 1.17 bits per heavy atom. The molecule has 0 fully saturated rings. The molecule has 0 saturated heterocycles. The van der Waals surface area contributed by atoms with Crippen LogP contribution in [0.15, 0.2) is 53.4 Å². The summed E-state index contributed by atoms with van der Waals surface area (Å²) in [5, 5.41) is 8.62. The molecule has 1 N–H and O–H groups in total. The Kier molecular flexibility index (Phi) is 4.90. The summed E-state index contributed by atoms with van der Waals surface area (Å²) in [6, 6.07) is 13.1. The number of aryl methyl sites for hydroxylation is 1. The molecule has 0 saturated carbocycles. The summed E-state index contributed by atoms with van der Waals surface area (Å²) in [5.74, 6) is -0.751. The molecule has 0 atom stereocenters. The van der Waals surface area contributed by atoms with Gasteiger partial charge in [-0.25, -0.2) is 13.2 Å². The van der Waals surface area contributed by atoms with Gasteiger partial charge in [0.25, 0.3) is 10.0 Å². The van der Waals surface area contributed by atoms with Crippen LogP contribution in [0.3, 0.4) is 0 Å². The lowest BCUT2D eigenvalue weighted by atomic mass is 10.2. The number of hydrogen-bond donors (Lipinski definition) is 1. The van der Waals surface area contributed by atoms with E-state index in [1.807, 2.05) is 6.07 Å². The summed E-state index contributed by atoms with van der Waals surface area (Å²) >= 11 is 0. The second kappa shape index (κ2) is 6.70. The largest absolute Gasteiger partial charge is 0.482 e. The van der Waals surface area contributed by atoms with Gasteiger partial charge in [0.2, 0.25) is 0 Å². The van der Waals surface area contributed by atoms with Crippen LogP contribution in [0.2, 0.25) is 0 Å². The van der Waals surface area contributed by atoms with E-state index in [4.69, 9.17) is 9.84 Å². The topological polar surface area (TPSA) is 83.9 Å². The van der Waals surface area contributed by atoms with Crippen molar-refractivity contribution < 1.29 is 23.1 Å². The van der Waals surface area contributed by atoms with Gasteiger partial charge in [-0.05, 0) is 42.8 Å².